The zero-order valence-electron chi connectivity index (χ0n) is 19.0. The number of hydrogen-bond acceptors (Lipinski definition) is 3. The Labute approximate surface area is 183 Å². The smallest absolute Gasteiger partial charge is 0.124 e. The summed E-state index contributed by atoms with van der Waals surface area (Å²) in [6, 6.07) is 0. The largest absolute Gasteiger partial charge is 0.744 e. The van der Waals surface area contributed by atoms with Gasteiger partial charge in [-0.2, -0.15) is 0 Å². The van der Waals surface area contributed by atoms with Crippen molar-refractivity contribution in [1.82, 2.24) is 0 Å². The number of hydrogen-bond donors (Lipinski definition) is 0. The molecule has 0 radical (unpaired) electrons. The Kier molecular flexibility index (Phi) is 6.94. The first-order valence-electron chi connectivity index (χ1n) is 12.5. The quantitative estimate of drug-likeness (QED) is 0.468. The fourth-order valence-corrected chi connectivity index (χ4v) is 8.15. The average Bonchev–Trinajstić information content (AvgIpc) is 2.74. The highest BCUT2D eigenvalue weighted by Gasteiger charge is 2.34. The Bertz CT molecular complexity index is 853. The van der Waals surface area contributed by atoms with Crippen LogP contribution < -0.4 is 0 Å². The molecule has 3 nitrogen and oxygen atoms in total. The number of benzene rings is 1. The van der Waals surface area contributed by atoms with Crippen LogP contribution in [0.15, 0.2) is 4.90 Å². The van der Waals surface area contributed by atoms with Crippen LogP contribution in [0.2, 0.25) is 0 Å². The third kappa shape index (κ3) is 4.37. The molecule has 0 saturated heterocycles. The van der Waals surface area contributed by atoms with Gasteiger partial charge in [-0.25, -0.2) is 8.42 Å². The molecule has 0 spiro atoms. The Balaban J connectivity index is 1.98. The molecule has 168 valence electrons. The van der Waals surface area contributed by atoms with E-state index in [1.165, 1.54) is 61.6 Å². The van der Waals surface area contributed by atoms with E-state index < -0.39 is 10.1 Å². The summed E-state index contributed by atoms with van der Waals surface area (Å²) in [7, 11) is -4.50. The molecule has 3 aliphatic carbocycles. The van der Waals surface area contributed by atoms with Crippen LogP contribution in [0, 0.1) is 13.8 Å². The molecule has 3 saturated carbocycles. The molecule has 0 aromatic heterocycles. The Morgan fingerprint density at radius 2 is 0.933 bits per heavy atom. The van der Waals surface area contributed by atoms with Crippen molar-refractivity contribution in [3.8, 4) is 0 Å². The van der Waals surface area contributed by atoms with E-state index >= 15 is 0 Å². The molecular weight excluding hydrogens is 392 g/mol. The maximum absolute atomic E-state index is 12.7. The highest BCUT2D eigenvalue weighted by atomic mass is 32.2. The zero-order valence-corrected chi connectivity index (χ0v) is 19.8. The summed E-state index contributed by atoms with van der Waals surface area (Å²) in [5, 5.41) is 0. The van der Waals surface area contributed by atoms with Crippen molar-refractivity contribution in [1.29, 1.82) is 0 Å². The molecule has 30 heavy (non-hydrogen) atoms. The average molecular weight is 432 g/mol. The van der Waals surface area contributed by atoms with Gasteiger partial charge in [-0.05, 0) is 97.9 Å². The topological polar surface area (TPSA) is 57.2 Å². The van der Waals surface area contributed by atoms with Crippen LogP contribution in [0.3, 0.4) is 0 Å². The molecular formula is C26H39O3S-. The lowest BCUT2D eigenvalue weighted by Gasteiger charge is -2.37. The van der Waals surface area contributed by atoms with Crippen LogP contribution in [0.4, 0.5) is 0 Å². The molecule has 0 heterocycles. The molecule has 1 aromatic carbocycles. The summed E-state index contributed by atoms with van der Waals surface area (Å²) in [6.07, 6.45) is 17.6. The second-order valence-electron chi connectivity index (χ2n) is 10.3. The van der Waals surface area contributed by atoms with Gasteiger partial charge in [0, 0.05) is 0 Å². The summed E-state index contributed by atoms with van der Waals surface area (Å²) < 4.78 is 38.2. The van der Waals surface area contributed by atoms with Crippen LogP contribution in [-0.4, -0.2) is 13.0 Å². The monoisotopic (exact) mass is 431 g/mol. The van der Waals surface area contributed by atoms with Crippen LogP contribution in [-0.2, 0) is 10.1 Å². The molecule has 0 bridgehead atoms. The van der Waals surface area contributed by atoms with E-state index in [4.69, 9.17) is 0 Å². The number of rotatable bonds is 4. The third-order valence-electron chi connectivity index (χ3n) is 8.38. The SMILES string of the molecule is Cc1c(C2CCCCC2)c(C)c(S(=O)(=O)[O-])c(C2CCCCC2)c1C1CCCCC1. The van der Waals surface area contributed by atoms with Crippen molar-refractivity contribution in [2.75, 3.05) is 0 Å². The molecule has 0 atom stereocenters. The van der Waals surface area contributed by atoms with Crippen molar-refractivity contribution in [2.45, 2.75) is 133 Å². The standard InChI is InChI=1S/C26H40O3S/c1-18-23(20-12-6-3-7-13-20)19(2)26(30(27,28)29)25(22-16-10-5-11-17-22)24(18)21-14-8-4-9-15-21/h20-22H,3-17H2,1-2H3,(H,27,28,29)/p-1. The Morgan fingerprint density at radius 3 is 1.33 bits per heavy atom. The summed E-state index contributed by atoms with van der Waals surface area (Å²) >= 11 is 0. The summed E-state index contributed by atoms with van der Waals surface area (Å²) in [6.45, 7) is 4.20. The lowest BCUT2D eigenvalue weighted by Crippen LogP contribution is -2.22. The van der Waals surface area contributed by atoms with Crippen molar-refractivity contribution >= 4 is 10.1 Å². The lowest BCUT2D eigenvalue weighted by molar-refractivity contribution is 0.404. The van der Waals surface area contributed by atoms with Crippen LogP contribution in [0.5, 0.6) is 0 Å². The minimum absolute atomic E-state index is 0.196. The van der Waals surface area contributed by atoms with E-state index in [-0.39, 0.29) is 10.8 Å². The van der Waals surface area contributed by atoms with E-state index in [0.29, 0.717) is 11.8 Å². The van der Waals surface area contributed by atoms with Gasteiger partial charge in [-0.1, -0.05) is 57.8 Å². The van der Waals surface area contributed by atoms with E-state index in [9.17, 15) is 13.0 Å². The van der Waals surface area contributed by atoms with Gasteiger partial charge < -0.3 is 4.55 Å². The van der Waals surface area contributed by atoms with Gasteiger partial charge in [0.2, 0.25) is 0 Å². The van der Waals surface area contributed by atoms with E-state index in [1.807, 2.05) is 6.92 Å². The Morgan fingerprint density at radius 1 is 0.567 bits per heavy atom. The second kappa shape index (κ2) is 9.32. The van der Waals surface area contributed by atoms with Gasteiger partial charge in [-0.3, -0.25) is 0 Å². The second-order valence-corrected chi connectivity index (χ2v) is 11.6. The lowest BCUT2D eigenvalue weighted by atomic mass is 9.70. The molecule has 0 N–H and O–H groups in total. The third-order valence-corrected chi connectivity index (χ3v) is 9.40. The van der Waals surface area contributed by atoms with Crippen molar-refractivity contribution in [3.63, 3.8) is 0 Å². The molecule has 0 aliphatic heterocycles. The summed E-state index contributed by atoms with van der Waals surface area (Å²) in [5.74, 6) is 1.09. The predicted octanol–water partition coefficient (Wildman–Crippen LogP) is 7.35. The molecule has 0 amide bonds. The van der Waals surface area contributed by atoms with Crippen LogP contribution in [0.25, 0.3) is 0 Å². The normalized spacial score (nSPS) is 23.0. The first-order valence-corrected chi connectivity index (χ1v) is 13.9. The van der Waals surface area contributed by atoms with E-state index in [1.54, 1.807) is 0 Å². The molecule has 0 unspecified atom stereocenters. The summed E-state index contributed by atoms with van der Waals surface area (Å²) in [5.41, 5.74) is 5.63. The fraction of sp³-hybridized carbons (Fsp3) is 0.769. The van der Waals surface area contributed by atoms with Crippen LogP contribution >= 0.6 is 0 Å². The van der Waals surface area contributed by atoms with Gasteiger partial charge in [0.05, 0.1) is 4.90 Å². The molecule has 3 fully saturated rings. The summed E-state index contributed by atoms with van der Waals surface area (Å²) in [4.78, 5) is 0.196. The first kappa shape index (κ1) is 22.3. The maximum Gasteiger partial charge on any atom is 0.124 e. The minimum atomic E-state index is -4.50. The van der Waals surface area contributed by atoms with Gasteiger partial charge in [0.1, 0.15) is 10.1 Å². The van der Waals surface area contributed by atoms with Gasteiger partial charge in [0.15, 0.2) is 0 Å². The highest BCUT2D eigenvalue weighted by Crippen LogP contribution is 2.49. The van der Waals surface area contributed by atoms with Crippen molar-refractivity contribution < 1.29 is 13.0 Å². The first-order chi connectivity index (χ1) is 14.4. The van der Waals surface area contributed by atoms with E-state index in [0.717, 1.165) is 62.5 Å². The fourth-order valence-electron chi connectivity index (χ4n) is 7.11. The van der Waals surface area contributed by atoms with E-state index in [2.05, 4.69) is 6.92 Å². The molecule has 4 heteroatoms. The Hall–Kier alpha value is -0.870. The molecule has 4 rings (SSSR count). The zero-order chi connectivity index (χ0) is 21.3. The minimum Gasteiger partial charge on any atom is -0.744 e. The van der Waals surface area contributed by atoms with Crippen molar-refractivity contribution in [2.24, 2.45) is 0 Å². The van der Waals surface area contributed by atoms with Gasteiger partial charge in [-0.15, -0.1) is 0 Å². The highest BCUT2D eigenvalue weighted by molar-refractivity contribution is 7.85. The molecule has 1 aromatic rings. The van der Waals surface area contributed by atoms with Crippen LogP contribution in [0.1, 0.15) is 142 Å². The van der Waals surface area contributed by atoms with Crippen molar-refractivity contribution in [3.05, 3.63) is 27.8 Å². The van der Waals surface area contributed by atoms with Gasteiger partial charge >= 0.3 is 0 Å². The maximum atomic E-state index is 12.7. The molecule has 3 aliphatic rings. The van der Waals surface area contributed by atoms with Gasteiger partial charge in [0.25, 0.3) is 0 Å². The predicted molar refractivity (Wildman–Crippen MR) is 121 cm³/mol.